The molecule has 0 unspecified atom stereocenters. The first-order valence-electron chi connectivity index (χ1n) is 7.27. The summed E-state index contributed by atoms with van der Waals surface area (Å²) in [6, 6.07) is 11.0. The fourth-order valence-corrected chi connectivity index (χ4v) is 3.25. The van der Waals surface area contributed by atoms with Crippen molar-refractivity contribution < 1.29 is 8.42 Å². The molecule has 0 aliphatic carbocycles. The minimum Gasteiger partial charge on any atom is -0.282 e. The smallest absolute Gasteiger partial charge is 0.234 e. The lowest BCUT2D eigenvalue weighted by Gasteiger charge is -2.19. The average molecular weight is 341 g/mol. The van der Waals surface area contributed by atoms with E-state index in [-0.39, 0.29) is 11.4 Å². The van der Waals surface area contributed by atoms with E-state index in [2.05, 4.69) is 9.97 Å². The molecular formula is C16H15N5O2S. The molecule has 24 heavy (non-hydrogen) atoms. The number of hydrogen-bond donors (Lipinski definition) is 0. The van der Waals surface area contributed by atoms with Crippen molar-refractivity contribution in [2.24, 2.45) is 0 Å². The van der Waals surface area contributed by atoms with Gasteiger partial charge >= 0.3 is 0 Å². The molecule has 122 valence electrons. The number of imidazole rings is 1. The van der Waals surface area contributed by atoms with Gasteiger partial charge < -0.3 is 0 Å². The topological polar surface area (TPSA) is 91.4 Å². The first kappa shape index (κ1) is 16.0. The Morgan fingerprint density at radius 3 is 2.79 bits per heavy atom. The van der Waals surface area contributed by atoms with Crippen LogP contribution in [0, 0.1) is 11.3 Å². The van der Waals surface area contributed by atoms with E-state index in [0.29, 0.717) is 11.3 Å². The largest absolute Gasteiger partial charge is 0.282 e. The number of sulfonamides is 1. The molecule has 0 aliphatic heterocycles. The SMILES string of the molecule is CCS(=O)(=O)N(C)c1cccc(-c2ccnc3c(C#N)ncn23)c1. The van der Waals surface area contributed by atoms with Crippen LogP contribution in [-0.4, -0.2) is 35.6 Å². The number of benzene rings is 1. The predicted molar refractivity (Wildman–Crippen MR) is 91.0 cm³/mol. The van der Waals surface area contributed by atoms with E-state index in [1.807, 2.05) is 12.1 Å². The highest BCUT2D eigenvalue weighted by Crippen LogP contribution is 2.26. The van der Waals surface area contributed by atoms with Gasteiger partial charge in [0.2, 0.25) is 10.0 Å². The number of fused-ring (bicyclic) bond motifs is 1. The lowest BCUT2D eigenvalue weighted by atomic mass is 10.1. The Morgan fingerprint density at radius 2 is 2.08 bits per heavy atom. The van der Waals surface area contributed by atoms with Crippen LogP contribution in [0.2, 0.25) is 0 Å². The van der Waals surface area contributed by atoms with E-state index < -0.39 is 10.0 Å². The van der Waals surface area contributed by atoms with E-state index in [0.717, 1.165) is 11.3 Å². The number of rotatable bonds is 4. The second kappa shape index (κ2) is 5.94. The van der Waals surface area contributed by atoms with Gasteiger partial charge in [-0.05, 0) is 25.1 Å². The monoisotopic (exact) mass is 341 g/mol. The second-order valence-corrected chi connectivity index (χ2v) is 7.44. The molecule has 2 aromatic heterocycles. The zero-order chi connectivity index (χ0) is 17.3. The molecule has 0 aliphatic rings. The highest BCUT2D eigenvalue weighted by molar-refractivity contribution is 7.92. The normalized spacial score (nSPS) is 11.4. The zero-order valence-corrected chi connectivity index (χ0v) is 14.0. The van der Waals surface area contributed by atoms with Gasteiger partial charge in [-0.3, -0.25) is 8.71 Å². The minimum absolute atomic E-state index is 0.0281. The highest BCUT2D eigenvalue weighted by atomic mass is 32.2. The summed E-state index contributed by atoms with van der Waals surface area (Å²) < 4.78 is 27.1. The Bertz CT molecular complexity index is 1050. The maximum atomic E-state index is 12.1. The molecule has 0 spiro atoms. The summed E-state index contributed by atoms with van der Waals surface area (Å²) in [7, 11) is -1.80. The van der Waals surface area contributed by atoms with Gasteiger partial charge in [0.1, 0.15) is 12.4 Å². The van der Waals surface area contributed by atoms with Gasteiger partial charge in [-0.1, -0.05) is 12.1 Å². The van der Waals surface area contributed by atoms with E-state index in [4.69, 9.17) is 5.26 Å². The van der Waals surface area contributed by atoms with Gasteiger partial charge in [0.25, 0.3) is 0 Å². The first-order chi connectivity index (χ1) is 11.5. The molecular weight excluding hydrogens is 326 g/mol. The van der Waals surface area contributed by atoms with E-state index in [1.165, 1.54) is 17.7 Å². The third-order valence-corrected chi connectivity index (χ3v) is 5.60. The Labute approximate surface area is 139 Å². The van der Waals surface area contributed by atoms with Crippen molar-refractivity contribution in [3.63, 3.8) is 0 Å². The summed E-state index contributed by atoms with van der Waals surface area (Å²) in [4.78, 5) is 8.22. The van der Waals surface area contributed by atoms with Crippen molar-refractivity contribution in [3.8, 4) is 17.3 Å². The Kier molecular flexibility index (Phi) is 3.95. The van der Waals surface area contributed by atoms with Crippen LogP contribution in [0.25, 0.3) is 16.9 Å². The lowest BCUT2D eigenvalue weighted by Crippen LogP contribution is -2.27. The summed E-state index contributed by atoms with van der Waals surface area (Å²) in [5.41, 5.74) is 2.87. The molecule has 0 atom stereocenters. The maximum Gasteiger partial charge on any atom is 0.234 e. The fourth-order valence-electron chi connectivity index (χ4n) is 2.43. The summed E-state index contributed by atoms with van der Waals surface area (Å²) in [6.07, 6.45) is 3.14. The molecule has 3 rings (SSSR count). The van der Waals surface area contributed by atoms with Gasteiger partial charge in [0, 0.05) is 18.8 Å². The molecule has 0 radical (unpaired) electrons. The third-order valence-electron chi connectivity index (χ3n) is 3.82. The summed E-state index contributed by atoms with van der Waals surface area (Å²) in [5, 5.41) is 9.08. The van der Waals surface area contributed by atoms with Crippen LogP contribution in [0.1, 0.15) is 12.6 Å². The highest BCUT2D eigenvalue weighted by Gasteiger charge is 2.17. The Hall–Kier alpha value is -2.92. The molecule has 0 saturated heterocycles. The van der Waals surface area contributed by atoms with Crippen molar-refractivity contribution in [1.29, 1.82) is 5.26 Å². The van der Waals surface area contributed by atoms with Crippen molar-refractivity contribution in [1.82, 2.24) is 14.4 Å². The fraction of sp³-hybridized carbons (Fsp3) is 0.188. The van der Waals surface area contributed by atoms with Gasteiger partial charge in [-0.15, -0.1) is 0 Å². The minimum atomic E-state index is -3.33. The number of nitrogens with zero attached hydrogens (tertiary/aromatic N) is 5. The second-order valence-electron chi connectivity index (χ2n) is 5.15. The summed E-state index contributed by atoms with van der Waals surface area (Å²) >= 11 is 0. The van der Waals surface area contributed by atoms with Crippen LogP contribution in [-0.2, 0) is 10.0 Å². The van der Waals surface area contributed by atoms with E-state index in [1.54, 1.807) is 41.8 Å². The van der Waals surface area contributed by atoms with Crippen molar-refractivity contribution >= 4 is 21.4 Å². The zero-order valence-electron chi connectivity index (χ0n) is 13.2. The van der Waals surface area contributed by atoms with Crippen molar-refractivity contribution in [2.45, 2.75) is 6.92 Å². The van der Waals surface area contributed by atoms with E-state index >= 15 is 0 Å². The van der Waals surface area contributed by atoms with E-state index in [9.17, 15) is 8.42 Å². The van der Waals surface area contributed by atoms with Crippen LogP contribution >= 0.6 is 0 Å². The maximum absolute atomic E-state index is 12.1. The summed E-state index contributed by atoms with van der Waals surface area (Å²) in [5.74, 6) is 0.0281. The van der Waals surface area contributed by atoms with Crippen LogP contribution in [0.15, 0.2) is 42.9 Å². The van der Waals surface area contributed by atoms with Gasteiger partial charge in [-0.25, -0.2) is 18.4 Å². The van der Waals surface area contributed by atoms with Crippen molar-refractivity contribution in [2.75, 3.05) is 17.1 Å². The van der Waals surface area contributed by atoms with Crippen LogP contribution in [0.3, 0.4) is 0 Å². The van der Waals surface area contributed by atoms with Crippen molar-refractivity contribution in [3.05, 3.63) is 48.5 Å². The first-order valence-corrected chi connectivity index (χ1v) is 8.88. The third kappa shape index (κ3) is 2.59. The molecule has 1 aromatic carbocycles. The lowest BCUT2D eigenvalue weighted by molar-refractivity contribution is 0.595. The molecule has 0 N–H and O–H groups in total. The Balaban J connectivity index is 2.14. The number of nitriles is 1. The van der Waals surface area contributed by atoms with Gasteiger partial charge in [0.05, 0.1) is 17.1 Å². The Morgan fingerprint density at radius 1 is 1.29 bits per heavy atom. The standard InChI is InChI=1S/C16H15N5O2S/c1-3-24(22,23)20(2)13-6-4-5-12(9-13)15-7-8-18-16-14(10-17)19-11-21(15)16/h4-9,11H,3H2,1-2H3. The molecule has 0 amide bonds. The molecule has 8 heteroatoms. The number of aromatic nitrogens is 3. The van der Waals surface area contributed by atoms with Gasteiger partial charge in [-0.2, -0.15) is 5.26 Å². The predicted octanol–water partition coefficient (Wildman–Crippen LogP) is 2.05. The molecule has 0 bridgehead atoms. The molecule has 2 heterocycles. The summed E-state index contributed by atoms with van der Waals surface area (Å²) in [6.45, 7) is 1.61. The average Bonchev–Trinajstić information content (AvgIpc) is 3.04. The molecule has 0 saturated carbocycles. The molecule has 7 nitrogen and oxygen atoms in total. The molecule has 3 aromatic rings. The van der Waals surface area contributed by atoms with Crippen LogP contribution in [0.4, 0.5) is 5.69 Å². The number of anilines is 1. The van der Waals surface area contributed by atoms with Gasteiger partial charge in [0.15, 0.2) is 11.3 Å². The molecule has 0 fully saturated rings. The quantitative estimate of drug-likeness (QED) is 0.724. The number of hydrogen-bond acceptors (Lipinski definition) is 5. The van der Waals surface area contributed by atoms with Crippen LogP contribution < -0.4 is 4.31 Å². The van der Waals surface area contributed by atoms with Crippen LogP contribution in [0.5, 0.6) is 0 Å².